The summed E-state index contributed by atoms with van der Waals surface area (Å²) in [5.41, 5.74) is 5.49. The van der Waals surface area contributed by atoms with Crippen molar-refractivity contribution in [2.45, 2.75) is 13.3 Å². The lowest BCUT2D eigenvalue weighted by molar-refractivity contribution is -0.121. The highest BCUT2D eigenvalue weighted by Crippen LogP contribution is 2.32. The summed E-state index contributed by atoms with van der Waals surface area (Å²) in [4.78, 5) is 36.0. The molecule has 9 heteroatoms. The summed E-state index contributed by atoms with van der Waals surface area (Å²) < 4.78 is 10.9. The number of nitrogens with one attached hydrogen (secondary N) is 2. The van der Waals surface area contributed by atoms with Crippen LogP contribution in [-0.4, -0.2) is 55.6 Å². The molecular weight excluding hydrogens is 328 g/mol. The van der Waals surface area contributed by atoms with Crippen molar-refractivity contribution in [3.05, 3.63) is 18.2 Å². The van der Waals surface area contributed by atoms with E-state index >= 15 is 0 Å². The first-order valence-electron chi connectivity index (χ1n) is 7.99. The molecule has 136 valence electrons. The van der Waals surface area contributed by atoms with Crippen LogP contribution in [-0.2, 0) is 9.59 Å². The van der Waals surface area contributed by atoms with Crippen molar-refractivity contribution < 1.29 is 23.9 Å². The van der Waals surface area contributed by atoms with E-state index in [-0.39, 0.29) is 18.9 Å². The third kappa shape index (κ3) is 5.96. The summed E-state index contributed by atoms with van der Waals surface area (Å²) in [5, 5.41) is 4.78. The number of fused-ring (bicyclic) bond motifs is 1. The fourth-order valence-electron chi connectivity index (χ4n) is 2.33. The average Bonchev–Trinajstić information content (AvgIpc) is 2.57. The van der Waals surface area contributed by atoms with Crippen LogP contribution >= 0.6 is 0 Å². The molecule has 0 saturated heterocycles. The second-order valence-corrected chi connectivity index (χ2v) is 5.44. The van der Waals surface area contributed by atoms with Gasteiger partial charge >= 0.3 is 6.03 Å². The van der Waals surface area contributed by atoms with Crippen LogP contribution in [0.4, 0.5) is 10.5 Å². The largest absolute Gasteiger partial charge is 0.486 e. The summed E-state index contributed by atoms with van der Waals surface area (Å²) >= 11 is 0. The zero-order chi connectivity index (χ0) is 18.2. The summed E-state index contributed by atoms with van der Waals surface area (Å²) in [6.45, 7) is 3.90. The smallest absolute Gasteiger partial charge is 0.318 e. The van der Waals surface area contributed by atoms with Crippen LogP contribution in [0.1, 0.15) is 13.3 Å². The first kappa shape index (κ1) is 18.5. The van der Waals surface area contributed by atoms with E-state index in [2.05, 4.69) is 5.32 Å². The highest BCUT2D eigenvalue weighted by Gasteiger charge is 2.15. The van der Waals surface area contributed by atoms with Crippen molar-refractivity contribution in [3.8, 4) is 11.5 Å². The minimum absolute atomic E-state index is 0.0775. The Morgan fingerprint density at radius 3 is 2.56 bits per heavy atom. The predicted molar refractivity (Wildman–Crippen MR) is 90.5 cm³/mol. The Bertz CT molecular complexity index is 649. The molecule has 9 nitrogen and oxygen atoms in total. The molecule has 1 aromatic rings. The van der Waals surface area contributed by atoms with Crippen molar-refractivity contribution in [1.29, 1.82) is 0 Å². The van der Waals surface area contributed by atoms with Crippen LogP contribution in [0.15, 0.2) is 18.2 Å². The van der Waals surface area contributed by atoms with Crippen LogP contribution in [0.25, 0.3) is 0 Å². The lowest BCUT2D eigenvalue weighted by atomic mass is 10.2. The van der Waals surface area contributed by atoms with Gasteiger partial charge in [-0.25, -0.2) is 4.79 Å². The van der Waals surface area contributed by atoms with E-state index in [9.17, 15) is 14.4 Å². The molecule has 0 bridgehead atoms. The molecule has 1 aromatic carbocycles. The highest BCUT2D eigenvalue weighted by atomic mass is 16.6. The Morgan fingerprint density at radius 2 is 1.88 bits per heavy atom. The van der Waals surface area contributed by atoms with Crippen LogP contribution in [0.2, 0.25) is 0 Å². The molecule has 0 aliphatic carbocycles. The molecule has 0 radical (unpaired) electrons. The number of rotatable bonds is 7. The maximum Gasteiger partial charge on any atom is 0.318 e. The van der Waals surface area contributed by atoms with Gasteiger partial charge in [-0.05, 0) is 18.7 Å². The Hall–Kier alpha value is -2.81. The van der Waals surface area contributed by atoms with Gasteiger partial charge in [0.25, 0.3) is 0 Å². The van der Waals surface area contributed by atoms with Crippen molar-refractivity contribution >= 4 is 23.5 Å². The number of benzene rings is 1. The molecule has 0 unspecified atom stereocenters. The minimum atomic E-state index is -0.885. The molecule has 0 atom stereocenters. The lowest BCUT2D eigenvalue weighted by Gasteiger charge is -2.21. The highest BCUT2D eigenvalue weighted by molar-refractivity contribution is 5.94. The Balaban J connectivity index is 1.83. The molecule has 0 aromatic heterocycles. The molecule has 0 fully saturated rings. The number of ether oxygens (including phenoxy) is 2. The van der Waals surface area contributed by atoms with Crippen molar-refractivity contribution in [1.82, 2.24) is 10.2 Å². The lowest BCUT2D eigenvalue weighted by Crippen LogP contribution is -2.39. The fraction of sp³-hybridized carbons (Fsp3) is 0.438. The summed E-state index contributed by atoms with van der Waals surface area (Å²) in [7, 11) is 0. The zero-order valence-electron chi connectivity index (χ0n) is 14.0. The van der Waals surface area contributed by atoms with E-state index in [0.717, 1.165) is 0 Å². The van der Waals surface area contributed by atoms with E-state index in [1.165, 1.54) is 0 Å². The van der Waals surface area contributed by atoms with E-state index < -0.39 is 11.9 Å². The Morgan fingerprint density at radius 1 is 1.16 bits per heavy atom. The molecule has 25 heavy (non-hydrogen) atoms. The number of carbonyl (C=O) groups excluding carboxylic acids is 3. The first-order chi connectivity index (χ1) is 12.0. The maximum absolute atomic E-state index is 12.2. The Kier molecular flexibility index (Phi) is 6.58. The minimum Gasteiger partial charge on any atom is -0.486 e. The topological polar surface area (TPSA) is 123 Å². The molecule has 0 saturated carbocycles. The summed E-state index contributed by atoms with van der Waals surface area (Å²) in [6, 6.07) is 4.31. The predicted octanol–water partition coefficient (Wildman–Crippen LogP) is 0.303. The van der Waals surface area contributed by atoms with Crippen molar-refractivity contribution in [3.63, 3.8) is 0 Å². The van der Waals surface area contributed by atoms with E-state index in [1.807, 2.05) is 12.2 Å². The van der Waals surface area contributed by atoms with Gasteiger partial charge in [0.15, 0.2) is 11.5 Å². The van der Waals surface area contributed by atoms with Crippen LogP contribution in [0, 0.1) is 0 Å². The van der Waals surface area contributed by atoms with Crippen LogP contribution in [0.5, 0.6) is 11.5 Å². The number of primary amides is 1. The molecule has 0 spiro atoms. The second kappa shape index (κ2) is 8.88. The fourth-order valence-corrected chi connectivity index (χ4v) is 2.33. The third-order valence-corrected chi connectivity index (χ3v) is 3.56. The molecule has 4 N–H and O–H groups in total. The SMILES string of the molecule is CCN(CCC(=O)NC(N)=O)CC(=O)Nc1ccc2c(c1)OCCO2. The van der Waals surface area contributed by atoms with E-state index in [0.29, 0.717) is 43.5 Å². The van der Waals surface area contributed by atoms with Gasteiger partial charge in [0.05, 0.1) is 6.54 Å². The number of urea groups is 1. The Labute approximate surface area is 145 Å². The molecule has 1 heterocycles. The first-order valence-corrected chi connectivity index (χ1v) is 7.99. The number of hydrogen-bond donors (Lipinski definition) is 3. The zero-order valence-corrected chi connectivity index (χ0v) is 14.0. The van der Waals surface area contributed by atoms with Gasteiger partial charge < -0.3 is 20.5 Å². The summed E-state index contributed by atoms with van der Waals surface area (Å²) in [5.74, 6) is 0.562. The molecule has 1 aliphatic rings. The van der Waals surface area contributed by atoms with Gasteiger partial charge in [-0.3, -0.25) is 19.8 Å². The maximum atomic E-state index is 12.2. The molecule has 1 aliphatic heterocycles. The number of anilines is 1. The molecule has 2 rings (SSSR count). The number of carbonyl (C=O) groups is 3. The standard InChI is InChI=1S/C16H22N4O5/c1-2-20(6-5-14(21)19-16(17)23)10-15(22)18-11-3-4-12-13(9-11)25-8-7-24-12/h3-4,9H,2,5-8,10H2,1H3,(H,18,22)(H3,17,19,21,23). The van der Waals surface area contributed by atoms with Crippen molar-refractivity contribution in [2.75, 3.05) is 38.2 Å². The van der Waals surface area contributed by atoms with Crippen LogP contribution < -0.4 is 25.8 Å². The normalized spacial score (nSPS) is 12.6. The quantitative estimate of drug-likeness (QED) is 0.650. The van der Waals surface area contributed by atoms with Gasteiger partial charge in [0, 0.05) is 24.7 Å². The average molecular weight is 350 g/mol. The number of amides is 4. The van der Waals surface area contributed by atoms with Gasteiger partial charge in [-0.2, -0.15) is 0 Å². The van der Waals surface area contributed by atoms with E-state index in [1.54, 1.807) is 23.1 Å². The second-order valence-electron chi connectivity index (χ2n) is 5.44. The van der Waals surface area contributed by atoms with Gasteiger partial charge in [0.1, 0.15) is 13.2 Å². The molecular formula is C16H22N4O5. The number of nitrogens with two attached hydrogens (primary N) is 1. The molecule has 4 amide bonds. The van der Waals surface area contributed by atoms with Gasteiger partial charge in [-0.15, -0.1) is 0 Å². The van der Waals surface area contributed by atoms with Gasteiger partial charge in [0.2, 0.25) is 11.8 Å². The number of nitrogens with zero attached hydrogens (tertiary/aromatic N) is 1. The number of likely N-dealkylation sites (N-methyl/N-ethyl adjacent to an activating group) is 1. The monoisotopic (exact) mass is 350 g/mol. The third-order valence-electron chi connectivity index (χ3n) is 3.56. The van der Waals surface area contributed by atoms with E-state index in [4.69, 9.17) is 15.2 Å². The van der Waals surface area contributed by atoms with Crippen molar-refractivity contribution in [2.24, 2.45) is 5.73 Å². The summed E-state index contributed by atoms with van der Waals surface area (Å²) in [6.07, 6.45) is 0.0775. The van der Waals surface area contributed by atoms with Gasteiger partial charge in [-0.1, -0.05) is 6.92 Å². The number of imide groups is 1. The number of hydrogen-bond acceptors (Lipinski definition) is 6. The van der Waals surface area contributed by atoms with Crippen LogP contribution in [0.3, 0.4) is 0 Å².